The van der Waals surface area contributed by atoms with Crippen molar-refractivity contribution in [3.63, 3.8) is 0 Å². The molecular formula is C16H25N3O5. The van der Waals surface area contributed by atoms with E-state index in [1.54, 1.807) is 0 Å². The van der Waals surface area contributed by atoms with Gasteiger partial charge in [0.25, 0.3) is 11.8 Å². The number of carbonyl (C=O) groups excluding carboxylic acids is 4. The molecule has 0 bridgehead atoms. The van der Waals surface area contributed by atoms with Crippen LogP contribution in [0.1, 0.15) is 46.0 Å². The summed E-state index contributed by atoms with van der Waals surface area (Å²) in [6, 6.07) is -0.568. The van der Waals surface area contributed by atoms with Crippen LogP contribution in [-0.2, 0) is 19.1 Å². The Hall–Kier alpha value is -2.12. The van der Waals surface area contributed by atoms with Gasteiger partial charge in [-0.25, -0.2) is 4.79 Å². The van der Waals surface area contributed by atoms with Crippen LogP contribution in [-0.4, -0.2) is 54.0 Å². The van der Waals surface area contributed by atoms with Crippen molar-refractivity contribution in [3.05, 3.63) is 0 Å². The molecule has 0 unspecified atom stereocenters. The third-order valence-electron chi connectivity index (χ3n) is 4.73. The number of urea groups is 1. The number of nitrogens with one attached hydrogen (secondary N) is 2. The van der Waals surface area contributed by atoms with Gasteiger partial charge in [-0.1, -0.05) is 26.7 Å². The molecule has 4 amide bonds. The largest absolute Gasteiger partial charge is 0.454 e. The number of imide groups is 1. The number of amides is 4. The molecule has 24 heavy (non-hydrogen) atoms. The summed E-state index contributed by atoms with van der Waals surface area (Å²) < 4.78 is 4.84. The Kier molecular flexibility index (Phi) is 5.80. The molecule has 2 N–H and O–H groups in total. The molecule has 2 fully saturated rings. The van der Waals surface area contributed by atoms with Gasteiger partial charge >= 0.3 is 12.0 Å². The van der Waals surface area contributed by atoms with Crippen molar-refractivity contribution in [2.24, 2.45) is 5.92 Å². The lowest BCUT2D eigenvalue weighted by molar-refractivity contribution is -0.151. The first-order valence-electron chi connectivity index (χ1n) is 8.47. The molecule has 1 spiro atoms. The van der Waals surface area contributed by atoms with Gasteiger partial charge < -0.3 is 15.4 Å². The quantitative estimate of drug-likeness (QED) is 0.543. The Balaban J connectivity index is 1.90. The highest BCUT2D eigenvalue weighted by Crippen LogP contribution is 2.38. The molecule has 0 aromatic rings. The summed E-state index contributed by atoms with van der Waals surface area (Å²) in [6.45, 7) is 3.47. The van der Waals surface area contributed by atoms with E-state index < -0.39 is 36.6 Å². The fraction of sp³-hybridized carbons (Fsp3) is 0.750. The first kappa shape index (κ1) is 18.2. The molecule has 1 saturated carbocycles. The zero-order valence-electron chi connectivity index (χ0n) is 14.2. The van der Waals surface area contributed by atoms with Crippen molar-refractivity contribution in [2.75, 3.05) is 19.7 Å². The summed E-state index contributed by atoms with van der Waals surface area (Å²) in [6.07, 6.45) is 4.13. The highest BCUT2D eigenvalue weighted by molar-refractivity contribution is 6.09. The average Bonchev–Trinajstić information content (AvgIpc) is 2.79. The van der Waals surface area contributed by atoms with E-state index in [4.69, 9.17) is 4.74 Å². The molecule has 134 valence electrons. The van der Waals surface area contributed by atoms with Crippen LogP contribution in [0.2, 0.25) is 0 Å². The molecule has 8 nitrogen and oxygen atoms in total. The minimum absolute atomic E-state index is 0.0311. The van der Waals surface area contributed by atoms with Crippen molar-refractivity contribution in [2.45, 2.75) is 51.5 Å². The maximum absolute atomic E-state index is 12.7. The Labute approximate surface area is 141 Å². The molecule has 0 radical (unpaired) electrons. The Bertz CT molecular complexity index is 536. The van der Waals surface area contributed by atoms with E-state index in [2.05, 4.69) is 10.6 Å². The minimum Gasteiger partial charge on any atom is -0.454 e. The normalized spacial score (nSPS) is 26.4. The summed E-state index contributed by atoms with van der Waals surface area (Å²) in [7, 11) is 0. The Morgan fingerprint density at radius 2 is 2.12 bits per heavy atom. The van der Waals surface area contributed by atoms with Crippen LogP contribution in [0.3, 0.4) is 0 Å². The van der Waals surface area contributed by atoms with Gasteiger partial charge in [0.1, 0.15) is 12.1 Å². The van der Waals surface area contributed by atoms with Crippen molar-refractivity contribution in [1.29, 1.82) is 0 Å². The van der Waals surface area contributed by atoms with Crippen molar-refractivity contribution in [1.82, 2.24) is 15.5 Å². The fourth-order valence-corrected chi connectivity index (χ4v) is 3.28. The highest BCUT2D eigenvalue weighted by Gasteiger charge is 2.55. The smallest absolute Gasteiger partial charge is 0.326 e. The maximum Gasteiger partial charge on any atom is 0.326 e. The second-order valence-corrected chi connectivity index (χ2v) is 6.45. The lowest BCUT2D eigenvalue weighted by atomic mass is 9.73. The number of hydrogen-bond donors (Lipinski definition) is 2. The third-order valence-corrected chi connectivity index (χ3v) is 4.73. The Morgan fingerprint density at radius 1 is 1.38 bits per heavy atom. The molecule has 1 heterocycles. The molecule has 2 aliphatic rings. The lowest BCUT2D eigenvalue weighted by Crippen LogP contribution is -2.54. The van der Waals surface area contributed by atoms with Gasteiger partial charge in [-0.05, 0) is 25.2 Å². The summed E-state index contributed by atoms with van der Waals surface area (Å²) in [5.41, 5.74) is -0.895. The second kappa shape index (κ2) is 7.63. The number of rotatable bonds is 6. The molecule has 0 aromatic carbocycles. The van der Waals surface area contributed by atoms with Gasteiger partial charge in [-0.2, -0.15) is 0 Å². The monoisotopic (exact) mass is 339 g/mol. The third kappa shape index (κ3) is 3.68. The minimum atomic E-state index is -0.895. The van der Waals surface area contributed by atoms with Crippen molar-refractivity contribution >= 4 is 23.8 Å². The molecular weight excluding hydrogens is 314 g/mol. The predicted molar refractivity (Wildman–Crippen MR) is 84.9 cm³/mol. The van der Waals surface area contributed by atoms with E-state index in [1.807, 2.05) is 13.8 Å². The van der Waals surface area contributed by atoms with Crippen LogP contribution in [0.5, 0.6) is 0 Å². The van der Waals surface area contributed by atoms with E-state index in [-0.39, 0.29) is 11.8 Å². The summed E-state index contributed by atoms with van der Waals surface area (Å²) in [5.74, 6) is -1.51. The molecule has 1 saturated heterocycles. The van der Waals surface area contributed by atoms with E-state index in [9.17, 15) is 19.2 Å². The molecule has 2 atom stereocenters. The molecule has 2 rings (SSSR count). The predicted octanol–water partition coefficient (Wildman–Crippen LogP) is 0.557. The SMILES string of the molecule is CCCNC(=O)COC(=O)CN1C(=O)N[C@]2(CCCC[C@H]2C)C1=O. The van der Waals surface area contributed by atoms with E-state index in [0.29, 0.717) is 13.0 Å². The zero-order chi connectivity index (χ0) is 17.7. The van der Waals surface area contributed by atoms with E-state index in [0.717, 1.165) is 30.6 Å². The molecule has 1 aliphatic carbocycles. The van der Waals surface area contributed by atoms with Crippen LogP contribution in [0.15, 0.2) is 0 Å². The van der Waals surface area contributed by atoms with Gasteiger partial charge in [-0.15, -0.1) is 0 Å². The fourth-order valence-electron chi connectivity index (χ4n) is 3.28. The van der Waals surface area contributed by atoms with Crippen LogP contribution >= 0.6 is 0 Å². The number of hydrogen-bond acceptors (Lipinski definition) is 5. The van der Waals surface area contributed by atoms with Gasteiger partial charge in [-0.3, -0.25) is 19.3 Å². The molecule has 0 aromatic heterocycles. The maximum atomic E-state index is 12.7. The second-order valence-electron chi connectivity index (χ2n) is 6.45. The number of nitrogens with zero attached hydrogens (tertiary/aromatic N) is 1. The molecule has 8 heteroatoms. The van der Waals surface area contributed by atoms with Crippen LogP contribution in [0.4, 0.5) is 4.79 Å². The highest BCUT2D eigenvalue weighted by atomic mass is 16.5. The number of ether oxygens (including phenoxy) is 1. The van der Waals surface area contributed by atoms with Gasteiger partial charge in [0, 0.05) is 6.54 Å². The van der Waals surface area contributed by atoms with Crippen LogP contribution < -0.4 is 10.6 Å². The first-order chi connectivity index (χ1) is 11.4. The zero-order valence-corrected chi connectivity index (χ0v) is 14.2. The van der Waals surface area contributed by atoms with Crippen molar-refractivity contribution in [3.8, 4) is 0 Å². The average molecular weight is 339 g/mol. The van der Waals surface area contributed by atoms with E-state index in [1.165, 1.54) is 0 Å². The van der Waals surface area contributed by atoms with Gasteiger partial charge in [0.15, 0.2) is 6.61 Å². The summed E-state index contributed by atoms with van der Waals surface area (Å²) in [5, 5.41) is 5.34. The van der Waals surface area contributed by atoms with Crippen LogP contribution in [0.25, 0.3) is 0 Å². The number of carbonyl (C=O) groups is 4. The first-order valence-corrected chi connectivity index (χ1v) is 8.47. The van der Waals surface area contributed by atoms with Gasteiger partial charge in [0.05, 0.1) is 0 Å². The molecule has 1 aliphatic heterocycles. The van der Waals surface area contributed by atoms with Crippen LogP contribution in [0, 0.1) is 5.92 Å². The van der Waals surface area contributed by atoms with Gasteiger partial charge in [0.2, 0.25) is 0 Å². The van der Waals surface area contributed by atoms with Crippen molar-refractivity contribution < 1.29 is 23.9 Å². The van der Waals surface area contributed by atoms with E-state index >= 15 is 0 Å². The summed E-state index contributed by atoms with van der Waals surface area (Å²) in [4.78, 5) is 49.0. The summed E-state index contributed by atoms with van der Waals surface area (Å²) >= 11 is 0. The topological polar surface area (TPSA) is 105 Å². The lowest BCUT2D eigenvalue weighted by Gasteiger charge is -2.36. The Morgan fingerprint density at radius 3 is 2.79 bits per heavy atom. The standard InChI is InChI=1S/C16H25N3O5/c1-3-8-17-12(20)10-24-13(21)9-19-14(22)16(18-15(19)23)7-5-4-6-11(16)2/h11H,3-10H2,1-2H3,(H,17,20)(H,18,23)/t11-,16+/m1/s1. The number of esters is 1.